The number of methoxy groups -OCH3 is 1. The van der Waals surface area contributed by atoms with Crippen LogP contribution in [0.1, 0.15) is 64.2 Å². The molecule has 0 amide bonds. The van der Waals surface area contributed by atoms with Gasteiger partial charge in [0.2, 0.25) is 11.8 Å². The quantitative estimate of drug-likeness (QED) is 0.770. The van der Waals surface area contributed by atoms with Crippen molar-refractivity contribution >= 4 is 5.97 Å². The van der Waals surface area contributed by atoms with Crippen molar-refractivity contribution in [3.05, 3.63) is 11.8 Å². The Morgan fingerprint density at radius 2 is 1.84 bits per heavy atom. The van der Waals surface area contributed by atoms with Gasteiger partial charge in [0.25, 0.3) is 0 Å². The minimum Gasteiger partial charge on any atom is -0.469 e. The van der Waals surface area contributed by atoms with Crippen LogP contribution in [-0.2, 0) is 14.9 Å². The van der Waals surface area contributed by atoms with Crippen molar-refractivity contribution in [2.75, 3.05) is 7.11 Å². The van der Waals surface area contributed by atoms with E-state index in [0.29, 0.717) is 11.8 Å². The van der Waals surface area contributed by atoms with Crippen LogP contribution in [0.3, 0.4) is 0 Å². The fourth-order valence-electron chi connectivity index (χ4n) is 2.45. The third kappa shape index (κ3) is 3.14. The summed E-state index contributed by atoms with van der Waals surface area (Å²) in [6.45, 7) is 6.16. The average molecular weight is 266 g/mol. The molecule has 0 unspecified atom stereocenters. The molecule has 1 aromatic heterocycles. The molecule has 1 aromatic rings. The van der Waals surface area contributed by atoms with E-state index in [1.54, 1.807) is 0 Å². The molecule has 5 heteroatoms. The summed E-state index contributed by atoms with van der Waals surface area (Å²) in [5.41, 5.74) is -0.117. The van der Waals surface area contributed by atoms with E-state index in [-0.39, 0.29) is 23.2 Å². The van der Waals surface area contributed by atoms with Gasteiger partial charge in [-0.1, -0.05) is 20.8 Å². The summed E-state index contributed by atoms with van der Waals surface area (Å²) < 4.78 is 10.6. The molecule has 1 aliphatic carbocycles. The molecule has 0 aromatic carbocycles. The van der Waals surface area contributed by atoms with Gasteiger partial charge in [-0.15, -0.1) is 10.2 Å². The first-order valence-corrected chi connectivity index (χ1v) is 6.83. The smallest absolute Gasteiger partial charge is 0.308 e. The molecule has 0 radical (unpaired) electrons. The number of esters is 1. The second-order valence-electron chi connectivity index (χ2n) is 6.27. The third-order valence-corrected chi connectivity index (χ3v) is 3.69. The van der Waals surface area contributed by atoms with Crippen molar-refractivity contribution in [2.24, 2.45) is 5.92 Å². The highest BCUT2D eigenvalue weighted by Crippen LogP contribution is 2.36. The van der Waals surface area contributed by atoms with Crippen molar-refractivity contribution in [3.63, 3.8) is 0 Å². The van der Waals surface area contributed by atoms with Gasteiger partial charge in [0.1, 0.15) is 0 Å². The molecule has 2 rings (SSSR count). The molecule has 1 saturated carbocycles. The maximum absolute atomic E-state index is 11.5. The summed E-state index contributed by atoms with van der Waals surface area (Å²) >= 11 is 0. The van der Waals surface area contributed by atoms with E-state index in [1.807, 2.05) is 0 Å². The van der Waals surface area contributed by atoms with E-state index < -0.39 is 0 Å². The van der Waals surface area contributed by atoms with E-state index in [4.69, 9.17) is 9.15 Å². The minimum atomic E-state index is -0.117. The molecule has 0 spiro atoms. The molecule has 106 valence electrons. The number of carbonyl (C=O) groups excluding carboxylic acids is 1. The predicted octanol–water partition coefficient (Wildman–Crippen LogP) is 2.81. The number of carbonyl (C=O) groups is 1. The van der Waals surface area contributed by atoms with Gasteiger partial charge in [0, 0.05) is 11.3 Å². The Balaban J connectivity index is 1.98. The molecular formula is C14H22N2O3. The highest BCUT2D eigenvalue weighted by molar-refractivity contribution is 5.72. The predicted molar refractivity (Wildman–Crippen MR) is 69.7 cm³/mol. The van der Waals surface area contributed by atoms with E-state index >= 15 is 0 Å². The molecule has 1 heterocycles. The first kappa shape index (κ1) is 14.0. The Labute approximate surface area is 113 Å². The van der Waals surface area contributed by atoms with Gasteiger partial charge in [-0.25, -0.2) is 0 Å². The zero-order valence-corrected chi connectivity index (χ0v) is 12.1. The maximum atomic E-state index is 11.5. The number of ether oxygens (including phenoxy) is 1. The molecule has 5 nitrogen and oxygen atoms in total. The van der Waals surface area contributed by atoms with Crippen LogP contribution in [-0.4, -0.2) is 23.3 Å². The Kier molecular flexibility index (Phi) is 3.92. The molecule has 0 saturated heterocycles. The van der Waals surface area contributed by atoms with Crippen LogP contribution in [0.2, 0.25) is 0 Å². The van der Waals surface area contributed by atoms with Crippen LogP contribution in [0, 0.1) is 5.92 Å². The van der Waals surface area contributed by atoms with E-state index in [0.717, 1.165) is 25.7 Å². The lowest BCUT2D eigenvalue weighted by Crippen LogP contribution is -2.22. The van der Waals surface area contributed by atoms with E-state index in [9.17, 15) is 4.79 Å². The Morgan fingerprint density at radius 1 is 1.21 bits per heavy atom. The van der Waals surface area contributed by atoms with Gasteiger partial charge in [0.05, 0.1) is 13.0 Å². The maximum Gasteiger partial charge on any atom is 0.308 e. The Bertz CT molecular complexity index is 440. The van der Waals surface area contributed by atoms with Crippen molar-refractivity contribution in [1.82, 2.24) is 10.2 Å². The molecular weight excluding hydrogens is 244 g/mol. The molecule has 0 aliphatic heterocycles. The Hall–Kier alpha value is -1.39. The van der Waals surface area contributed by atoms with Crippen LogP contribution in [0.4, 0.5) is 0 Å². The molecule has 0 atom stereocenters. The first-order chi connectivity index (χ1) is 8.91. The summed E-state index contributed by atoms with van der Waals surface area (Å²) in [7, 11) is 1.45. The first-order valence-electron chi connectivity index (χ1n) is 6.83. The number of rotatable bonds is 2. The van der Waals surface area contributed by atoms with Gasteiger partial charge in [-0.2, -0.15) is 0 Å². The number of aromatic nitrogens is 2. The standard InChI is InChI=1S/C14H22N2O3/c1-14(2,3)13-16-15-11(19-13)9-5-7-10(8-6-9)12(17)18-4/h9-10H,5-8H2,1-4H3. The zero-order chi connectivity index (χ0) is 14.0. The van der Waals surface area contributed by atoms with E-state index in [2.05, 4.69) is 31.0 Å². The second kappa shape index (κ2) is 5.31. The molecule has 1 aliphatic rings. The van der Waals surface area contributed by atoms with Gasteiger partial charge < -0.3 is 9.15 Å². The number of nitrogens with zero attached hydrogens (tertiary/aromatic N) is 2. The van der Waals surface area contributed by atoms with Crippen LogP contribution in [0.25, 0.3) is 0 Å². The van der Waals surface area contributed by atoms with Crippen LogP contribution >= 0.6 is 0 Å². The van der Waals surface area contributed by atoms with Gasteiger partial charge in [0.15, 0.2) is 0 Å². The highest BCUT2D eigenvalue weighted by atomic mass is 16.5. The molecule has 0 bridgehead atoms. The second-order valence-corrected chi connectivity index (χ2v) is 6.27. The van der Waals surface area contributed by atoms with Crippen molar-refractivity contribution < 1.29 is 13.9 Å². The fraction of sp³-hybridized carbons (Fsp3) is 0.786. The highest BCUT2D eigenvalue weighted by Gasteiger charge is 2.31. The average Bonchev–Trinajstić information content (AvgIpc) is 2.87. The Morgan fingerprint density at radius 3 is 2.32 bits per heavy atom. The topological polar surface area (TPSA) is 65.2 Å². The summed E-state index contributed by atoms with van der Waals surface area (Å²) in [6, 6.07) is 0. The lowest BCUT2D eigenvalue weighted by Gasteiger charge is -2.24. The molecule has 1 fully saturated rings. The third-order valence-electron chi connectivity index (χ3n) is 3.69. The van der Waals surface area contributed by atoms with Gasteiger partial charge in [-0.05, 0) is 25.7 Å². The normalized spacial score (nSPS) is 24.2. The van der Waals surface area contributed by atoms with Crippen molar-refractivity contribution in [2.45, 2.75) is 57.8 Å². The summed E-state index contributed by atoms with van der Waals surface area (Å²) in [4.78, 5) is 11.5. The van der Waals surface area contributed by atoms with Crippen LogP contribution < -0.4 is 0 Å². The van der Waals surface area contributed by atoms with E-state index in [1.165, 1.54) is 7.11 Å². The minimum absolute atomic E-state index is 0.0336. The largest absolute Gasteiger partial charge is 0.469 e. The van der Waals surface area contributed by atoms with Gasteiger partial charge >= 0.3 is 5.97 Å². The lowest BCUT2D eigenvalue weighted by atomic mass is 9.82. The number of hydrogen-bond donors (Lipinski definition) is 0. The SMILES string of the molecule is COC(=O)C1CCC(c2nnc(C(C)(C)C)o2)CC1. The van der Waals surface area contributed by atoms with Crippen molar-refractivity contribution in [3.8, 4) is 0 Å². The summed E-state index contributed by atoms with van der Waals surface area (Å²) in [6.07, 6.45) is 3.49. The van der Waals surface area contributed by atoms with Crippen LogP contribution in [0.5, 0.6) is 0 Å². The summed E-state index contributed by atoms with van der Waals surface area (Å²) in [5, 5.41) is 8.29. The van der Waals surface area contributed by atoms with Crippen molar-refractivity contribution in [1.29, 1.82) is 0 Å². The molecule has 19 heavy (non-hydrogen) atoms. The van der Waals surface area contributed by atoms with Gasteiger partial charge in [-0.3, -0.25) is 4.79 Å². The number of hydrogen-bond acceptors (Lipinski definition) is 5. The summed E-state index contributed by atoms with van der Waals surface area (Å²) in [5.74, 6) is 1.61. The monoisotopic (exact) mass is 266 g/mol. The fourth-order valence-corrected chi connectivity index (χ4v) is 2.45. The zero-order valence-electron chi connectivity index (χ0n) is 12.1. The lowest BCUT2D eigenvalue weighted by molar-refractivity contribution is -0.146. The molecule has 0 N–H and O–H groups in total. The van der Waals surface area contributed by atoms with Crippen LogP contribution in [0.15, 0.2) is 4.42 Å².